The first-order chi connectivity index (χ1) is 17.0. The maximum Gasteiger partial charge on any atom is 0.252 e. The predicted octanol–water partition coefficient (Wildman–Crippen LogP) is 4.70. The fourth-order valence-corrected chi connectivity index (χ4v) is 4.75. The van der Waals surface area contributed by atoms with Crippen LogP contribution in [-0.4, -0.2) is 39.6 Å². The lowest BCUT2D eigenvalue weighted by atomic mass is 10.1. The number of carbonyl (C=O) groups is 2. The van der Waals surface area contributed by atoms with E-state index in [-0.39, 0.29) is 25.0 Å². The summed E-state index contributed by atoms with van der Waals surface area (Å²) < 4.78 is 11.8. The summed E-state index contributed by atoms with van der Waals surface area (Å²) in [7, 11) is 0. The van der Waals surface area contributed by atoms with E-state index in [1.807, 2.05) is 65.6 Å². The van der Waals surface area contributed by atoms with Gasteiger partial charge in [0.2, 0.25) is 12.7 Å². The Bertz CT molecular complexity index is 1270. The second kappa shape index (κ2) is 10.1. The first-order valence-electron chi connectivity index (χ1n) is 11.1. The Kier molecular flexibility index (Phi) is 6.70. The summed E-state index contributed by atoms with van der Waals surface area (Å²) in [6.45, 7) is 0.896. The maximum absolute atomic E-state index is 13.5. The lowest BCUT2D eigenvalue weighted by Crippen LogP contribution is -2.37. The van der Waals surface area contributed by atoms with Crippen LogP contribution >= 0.6 is 28.1 Å². The minimum Gasteiger partial charge on any atom is -0.454 e. The van der Waals surface area contributed by atoms with Gasteiger partial charge in [0.05, 0.1) is 13.0 Å². The molecule has 178 valence electrons. The quantitative estimate of drug-likeness (QED) is 0.429. The third kappa shape index (κ3) is 5.16. The first-order valence-corrected chi connectivity index (χ1v) is 12.3. The van der Waals surface area contributed by atoms with Crippen molar-refractivity contribution in [1.82, 2.24) is 9.80 Å². The van der Waals surface area contributed by atoms with Gasteiger partial charge < -0.3 is 19.7 Å². The molecule has 3 aromatic rings. The van der Waals surface area contributed by atoms with Gasteiger partial charge in [-0.3, -0.25) is 14.5 Å². The summed E-state index contributed by atoms with van der Waals surface area (Å²) in [5.41, 5.74) is 2.53. The third-order valence-electron chi connectivity index (χ3n) is 5.88. The van der Waals surface area contributed by atoms with Crippen LogP contribution in [-0.2, 0) is 22.7 Å². The number of anilines is 1. The van der Waals surface area contributed by atoms with Crippen molar-refractivity contribution in [3.8, 4) is 11.5 Å². The van der Waals surface area contributed by atoms with E-state index in [4.69, 9.17) is 21.7 Å². The average molecular weight is 552 g/mol. The van der Waals surface area contributed by atoms with Crippen molar-refractivity contribution >= 4 is 50.8 Å². The number of hydrogen-bond donors (Lipinski definition) is 1. The number of fused-ring (bicyclic) bond motifs is 1. The van der Waals surface area contributed by atoms with Crippen molar-refractivity contribution in [2.24, 2.45) is 0 Å². The molecule has 1 saturated heterocycles. The molecule has 1 unspecified atom stereocenters. The molecule has 0 saturated carbocycles. The molecule has 0 spiro atoms. The Morgan fingerprint density at radius 3 is 2.49 bits per heavy atom. The van der Waals surface area contributed by atoms with Crippen LogP contribution in [0.2, 0.25) is 0 Å². The SMILES string of the molecule is O=C(CC1C(=O)N(Cc2ccccc2)C(=S)N1Cc1ccc2c(c1)OCO2)Nc1ccc(Br)cc1. The molecule has 7 nitrogen and oxygen atoms in total. The zero-order valence-electron chi connectivity index (χ0n) is 18.6. The number of rotatable bonds is 7. The smallest absolute Gasteiger partial charge is 0.252 e. The number of thiocarbonyl (C=S) groups is 1. The lowest BCUT2D eigenvalue weighted by molar-refractivity contribution is -0.131. The van der Waals surface area contributed by atoms with Crippen LogP contribution in [0.1, 0.15) is 17.5 Å². The molecular formula is C26H22BrN3O4S. The van der Waals surface area contributed by atoms with Gasteiger partial charge in [0, 0.05) is 16.7 Å². The number of nitrogens with zero attached hydrogens (tertiary/aromatic N) is 2. The molecule has 1 fully saturated rings. The van der Waals surface area contributed by atoms with Crippen molar-refractivity contribution in [2.45, 2.75) is 25.6 Å². The molecule has 0 aliphatic carbocycles. The van der Waals surface area contributed by atoms with E-state index in [1.165, 1.54) is 0 Å². The van der Waals surface area contributed by atoms with Crippen LogP contribution < -0.4 is 14.8 Å². The first kappa shape index (κ1) is 23.3. The van der Waals surface area contributed by atoms with Gasteiger partial charge in [-0.1, -0.05) is 52.3 Å². The van der Waals surface area contributed by atoms with Crippen molar-refractivity contribution in [1.29, 1.82) is 0 Å². The van der Waals surface area contributed by atoms with E-state index < -0.39 is 6.04 Å². The summed E-state index contributed by atoms with van der Waals surface area (Å²) >= 11 is 9.14. The van der Waals surface area contributed by atoms with E-state index in [2.05, 4.69) is 21.2 Å². The molecule has 1 atom stereocenters. The number of ether oxygens (including phenoxy) is 2. The second-order valence-corrected chi connectivity index (χ2v) is 9.56. The minimum atomic E-state index is -0.716. The molecule has 2 amide bonds. The van der Waals surface area contributed by atoms with Crippen LogP contribution in [0.4, 0.5) is 5.69 Å². The van der Waals surface area contributed by atoms with Gasteiger partial charge in [-0.15, -0.1) is 0 Å². The highest BCUT2D eigenvalue weighted by Crippen LogP contribution is 2.34. The average Bonchev–Trinajstić information content (AvgIpc) is 3.41. The number of benzene rings is 3. The summed E-state index contributed by atoms with van der Waals surface area (Å²) in [6.07, 6.45) is -0.0229. The largest absolute Gasteiger partial charge is 0.454 e. The van der Waals surface area contributed by atoms with Gasteiger partial charge in [-0.25, -0.2) is 0 Å². The molecule has 0 radical (unpaired) electrons. The van der Waals surface area contributed by atoms with Crippen LogP contribution in [0.25, 0.3) is 0 Å². The molecule has 2 heterocycles. The van der Waals surface area contributed by atoms with Crippen LogP contribution in [0, 0.1) is 0 Å². The second-order valence-electron chi connectivity index (χ2n) is 8.28. The Balaban J connectivity index is 1.37. The van der Waals surface area contributed by atoms with E-state index in [0.717, 1.165) is 15.6 Å². The van der Waals surface area contributed by atoms with E-state index in [0.29, 0.717) is 35.4 Å². The predicted molar refractivity (Wildman–Crippen MR) is 139 cm³/mol. The summed E-state index contributed by atoms with van der Waals surface area (Å²) in [5.74, 6) is 0.894. The lowest BCUT2D eigenvalue weighted by Gasteiger charge is -2.24. The van der Waals surface area contributed by atoms with Crippen LogP contribution in [0.3, 0.4) is 0 Å². The Labute approximate surface area is 216 Å². The summed E-state index contributed by atoms with van der Waals surface area (Å²) in [5, 5.41) is 3.28. The Morgan fingerprint density at radius 1 is 0.971 bits per heavy atom. The van der Waals surface area contributed by atoms with Gasteiger partial charge in [-0.2, -0.15) is 0 Å². The minimum absolute atomic E-state index is 0.0229. The third-order valence-corrected chi connectivity index (χ3v) is 6.87. The topological polar surface area (TPSA) is 71.1 Å². The summed E-state index contributed by atoms with van der Waals surface area (Å²) in [6, 6.07) is 21.9. The fourth-order valence-electron chi connectivity index (χ4n) is 4.14. The van der Waals surface area contributed by atoms with E-state index >= 15 is 0 Å². The van der Waals surface area contributed by atoms with Gasteiger partial charge in [-0.05, 0) is 59.7 Å². The van der Waals surface area contributed by atoms with Gasteiger partial charge in [0.1, 0.15) is 6.04 Å². The molecular weight excluding hydrogens is 530 g/mol. The molecule has 2 aliphatic rings. The monoisotopic (exact) mass is 551 g/mol. The highest BCUT2D eigenvalue weighted by Gasteiger charge is 2.43. The number of nitrogens with one attached hydrogen (secondary N) is 1. The van der Waals surface area contributed by atoms with Gasteiger partial charge >= 0.3 is 0 Å². The fraction of sp³-hybridized carbons (Fsp3) is 0.192. The molecule has 3 aromatic carbocycles. The molecule has 1 N–H and O–H groups in total. The molecule has 35 heavy (non-hydrogen) atoms. The Morgan fingerprint density at radius 2 is 1.71 bits per heavy atom. The zero-order chi connectivity index (χ0) is 24.4. The molecule has 2 aliphatic heterocycles. The normalized spacial score (nSPS) is 16.7. The molecule has 5 rings (SSSR count). The number of halogens is 1. The molecule has 0 aromatic heterocycles. The van der Waals surface area contributed by atoms with Crippen LogP contribution in [0.15, 0.2) is 77.3 Å². The van der Waals surface area contributed by atoms with E-state index in [1.54, 1.807) is 17.0 Å². The van der Waals surface area contributed by atoms with Crippen molar-refractivity contribution in [3.63, 3.8) is 0 Å². The molecule has 0 bridgehead atoms. The van der Waals surface area contributed by atoms with Crippen molar-refractivity contribution in [2.75, 3.05) is 12.1 Å². The number of hydrogen-bond acceptors (Lipinski definition) is 5. The zero-order valence-corrected chi connectivity index (χ0v) is 21.1. The van der Waals surface area contributed by atoms with Gasteiger partial charge in [0.15, 0.2) is 16.6 Å². The Hall–Kier alpha value is -3.43. The van der Waals surface area contributed by atoms with Gasteiger partial charge in [0.25, 0.3) is 5.91 Å². The molecule has 9 heteroatoms. The van der Waals surface area contributed by atoms with E-state index in [9.17, 15) is 9.59 Å². The number of carbonyl (C=O) groups excluding carboxylic acids is 2. The standard InChI is InChI=1S/C26H22BrN3O4S/c27-19-7-9-20(10-8-19)28-24(31)13-21-25(32)30(14-17-4-2-1-3-5-17)26(35)29(21)15-18-6-11-22-23(12-18)34-16-33-22/h1-12,21H,13-16H2,(H,28,31). The highest BCUT2D eigenvalue weighted by molar-refractivity contribution is 9.10. The van der Waals surface area contributed by atoms with Crippen LogP contribution in [0.5, 0.6) is 11.5 Å². The highest BCUT2D eigenvalue weighted by atomic mass is 79.9. The van der Waals surface area contributed by atoms with Crippen molar-refractivity contribution < 1.29 is 19.1 Å². The van der Waals surface area contributed by atoms with Crippen molar-refractivity contribution in [3.05, 3.63) is 88.4 Å². The summed E-state index contributed by atoms with van der Waals surface area (Å²) in [4.78, 5) is 29.8. The maximum atomic E-state index is 13.5. The number of amides is 2.